The second-order valence-electron chi connectivity index (χ2n) is 10.2. The minimum absolute atomic E-state index is 0.158. The van der Waals surface area contributed by atoms with Gasteiger partial charge in [0.2, 0.25) is 0 Å². The third kappa shape index (κ3) is 5.53. The maximum atomic E-state index is 12.7. The normalized spacial score (nSPS) is 15.1. The first-order chi connectivity index (χ1) is 20.4. The van der Waals surface area contributed by atoms with E-state index in [1.165, 1.54) is 6.07 Å². The number of carboxylic acid groups (broad SMARTS) is 1. The minimum Gasteiger partial charge on any atom is -0.487 e. The molecule has 4 aromatic carbocycles. The molecule has 0 spiro atoms. The summed E-state index contributed by atoms with van der Waals surface area (Å²) in [5.41, 5.74) is 1.79. The van der Waals surface area contributed by atoms with Crippen molar-refractivity contribution >= 4 is 39.3 Å². The van der Waals surface area contributed by atoms with E-state index in [0.29, 0.717) is 57.3 Å². The zero-order chi connectivity index (χ0) is 29.2. The van der Waals surface area contributed by atoms with E-state index in [1.807, 2.05) is 47.4 Å². The molecule has 6 rings (SSSR count). The smallest absolute Gasteiger partial charge is 0.339 e. The van der Waals surface area contributed by atoms with Gasteiger partial charge in [-0.3, -0.25) is 9.69 Å². The highest BCUT2D eigenvalue weighted by atomic mass is 35.5. The van der Waals surface area contributed by atoms with Crippen molar-refractivity contribution in [2.24, 2.45) is 0 Å². The summed E-state index contributed by atoms with van der Waals surface area (Å²) in [6, 6.07) is 24.6. The number of fused-ring (bicyclic) bond motifs is 3. The number of nitriles is 1. The van der Waals surface area contributed by atoms with Gasteiger partial charge >= 0.3 is 11.6 Å². The van der Waals surface area contributed by atoms with Gasteiger partial charge in [-0.25, -0.2) is 4.79 Å². The van der Waals surface area contributed by atoms with Crippen molar-refractivity contribution in [3.05, 3.63) is 111 Å². The highest BCUT2D eigenvalue weighted by Gasteiger charge is 2.31. The molecule has 1 aromatic heterocycles. The summed E-state index contributed by atoms with van der Waals surface area (Å²) in [7, 11) is 0. The molecule has 0 bridgehead atoms. The van der Waals surface area contributed by atoms with Crippen molar-refractivity contribution in [2.45, 2.75) is 32.0 Å². The zero-order valence-corrected chi connectivity index (χ0v) is 23.1. The Morgan fingerprint density at radius 3 is 2.71 bits per heavy atom. The standard InChI is InChI=1S/C33H25ClN2O6/c34-26-14-23(18-36-12-4-9-27(36)33(38)39)28(15-30(26)40-19-21-6-3-5-20(13-21)17-35)41-29-16-31(37)42-32-24-8-2-1-7-22(24)10-11-25(29)32/h1-3,5-8,10-11,13-16,27H,4,9,12,18-19H2,(H,38,39)/t27-/m1/s1. The Morgan fingerprint density at radius 1 is 1.02 bits per heavy atom. The number of halogens is 1. The molecule has 0 saturated carbocycles. The quantitative estimate of drug-likeness (QED) is 0.156. The summed E-state index contributed by atoms with van der Waals surface area (Å²) in [5, 5.41) is 21.6. The molecule has 1 atom stereocenters. The fourth-order valence-electron chi connectivity index (χ4n) is 5.38. The van der Waals surface area contributed by atoms with Gasteiger partial charge in [-0.15, -0.1) is 0 Å². The van der Waals surface area contributed by atoms with Crippen LogP contribution in [0.5, 0.6) is 17.2 Å². The fourth-order valence-corrected chi connectivity index (χ4v) is 5.62. The topological polar surface area (TPSA) is 113 Å². The van der Waals surface area contributed by atoms with Crippen molar-refractivity contribution in [3.8, 4) is 23.3 Å². The third-order valence-corrected chi connectivity index (χ3v) is 7.70. The van der Waals surface area contributed by atoms with Crippen LogP contribution in [0, 0.1) is 11.3 Å². The van der Waals surface area contributed by atoms with Gasteiger partial charge in [-0.05, 0) is 54.6 Å². The molecule has 1 N–H and O–H groups in total. The van der Waals surface area contributed by atoms with E-state index in [2.05, 4.69) is 6.07 Å². The number of benzene rings is 4. The molecule has 210 valence electrons. The van der Waals surface area contributed by atoms with Crippen LogP contribution in [0.25, 0.3) is 21.7 Å². The molecule has 1 saturated heterocycles. The molecule has 0 unspecified atom stereocenters. The highest BCUT2D eigenvalue weighted by Crippen LogP contribution is 2.39. The Balaban J connectivity index is 1.41. The maximum absolute atomic E-state index is 12.7. The molecule has 1 fully saturated rings. The Bertz CT molecular complexity index is 1930. The molecular weight excluding hydrogens is 556 g/mol. The molecule has 2 heterocycles. The van der Waals surface area contributed by atoms with Gasteiger partial charge in [-0.2, -0.15) is 5.26 Å². The predicted octanol–water partition coefficient (Wildman–Crippen LogP) is 6.89. The molecule has 9 heteroatoms. The average molecular weight is 581 g/mol. The minimum atomic E-state index is -0.876. The van der Waals surface area contributed by atoms with Crippen LogP contribution in [-0.2, 0) is 17.9 Å². The first-order valence-electron chi connectivity index (χ1n) is 13.4. The van der Waals surface area contributed by atoms with Gasteiger partial charge in [0.25, 0.3) is 0 Å². The van der Waals surface area contributed by atoms with Gasteiger partial charge in [0.15, 0.2) is 0 Å². The van der Waals surface area contributed by atoms with Gasteiger partial charge < -0.3 is 19.0 Å². The van der Waals surface area contributed by atoms with Crippen molar-refractivity contribution in [2.75, 3.05) is 6.54 Å². The number of aliphatic carboxylic acids is 1. The summed E-state index contributed by atoms with van der Waals surface area (Å²) >= 11 is 6.67. The van der Waals surface area contributed by atoms with Crippen LogP contribution in [0.2, 0.25) is 5.02 Å². The first-order valence-corrected chi connectivity index (χ1v) is 13.8. The van der Waals surface area contributed by atoms with Crippen LogP contribution < -0.4 is 15.1 Å². The molecule has 8 nitrogen and oxygen atoms in total. The van der Waals surface area contributed by atoms with E-state index >= 15 is 0 Å². The summed E-state index contributed by atoms with van der Waals surface area (Å²) < 4.78 is 18.1. The Kier molecular flexibility index (Phi) is 7.53. The summed E-state index contributed by atoms with van der Waals surface area (Å²) in [4.78, 5) is 26.4. The van der Waals surface area contributed by atoms with E-state index in [-0.39, 0.29) is 13.2 Å². The van der Waals surface area contributed by atoms with Crippen LogP contribution in [0.1, 0.15) is 29.5 Å². The Labute approximate surface area is 245 Å². The van der Waals surface area contributed by atoms with E-state index in [4.69, 9.17) is 25.5 Å². The number of hydrogen-bond acceptors (Lipinski definition) is 7. The number of carbonyl (C=O) groups is 1. The van der Waals surface area contributed by atoms with Gasteiger partial charge in [-0.1, -0.05) is 54.1 Å². The first kappa shape index (κ1) is 27.3. The lowest BCUT2D eigenvalue weighted by atomic mass is 10.1. The predicted molar refractivity (Wildman–Crippen MR) is 158 cm³/mol. The molecule has 1 aliphatic heterocycles. The number of ether oxygens (including phenoxy) is 2. The molecule has 0 aliphatic carbocycles. The second kappa shape index (κ2) is 11.6. The van der Waals surface area contributed by atoms with E-state index in [1.54, 1.807) is 30.3 Å². The summed E-state index contributed by atoms with van der Waals surface area (Å²) in [5.74, 6) is 0.126. The lowest BCUT2D eigenvalue weighted by Gasteiger charge is -2.23. The molecular formula is C33H25ClN2O6. The summed E-state index contributed by atoms with van der Waals surface area (Å²) in [6.07, 6.45) is 1.32. The largest absolute Gasteiger partial charge is 0.487 e. The second-order valence-corrected chi connectivity index (χ2v) is 10.6. The van der Waals surface area contributed by atoms with Crippen LogP contribution in [-0.4, -0.2) is 28.6 Å². The van der Waals surface area contributed by atoms with Gasteiger partial charge in [0, 0.05) is 23.6 Å². The van der Waals surface area contributed by atoms with Crippen molar-refractivity contribution < 1.29 is 23.8 Å². The van der Waals surface area contributed by atoms with Gasteiger partial charge in [0.05, 0.1) is 28.1 Å². The molecule has 5 aromatic rings. The SMILES string of the molecule is N#Cc1cccc(COc2cc(Oc3cc(=O)oc4c3ccc3ccccc34)c(CN3CCC[C@@H]3C(=O)O)cc2Cl)c1. The Hall–Kier alpha value is -4.84. The van der Waals surface area contributed by atoms with E-state index < -0.39 is 17.6 Å². The summed E-state index contributed by atoms with van der Waals surface area (Å²) in [6.45, 7) is 1.05. The molecule has 1 aliphatic rings. The maximum Gasteiger partial charge on any atom is 0.339 e. The Morgan fingerprint density at radius 2 is 1.88 bits per heavy atom. The molecule has 42 heavy (non-hydrogen) atoms. The number of rotatable bonds is 8. The van der Waals surface area contributed by atoms with E-state index in [9.17, 15) is 20.0 Å². The molecule has 0 radical (unpaired) electrons. The van der Waals surface area contributed by atoms with Crippen molar-refractivity contribution in [1.29, 1.82) is 5.26 Å². The van der Waals surface area contributed by atoms with Crippen molar-refractivity contribution in [3.63, 3.8) is 0 Å². The van der Waals surface area contributed by atoms with Crippen LogP contribution in [0.4, 0.5) is 0 Å². The lowest BCUT2D eigenvalue weighted by molar-refractivity contribution is -0.142. The number of carboxylic acids is 1. The van der Waals surface area contributed by atoms with Crippen molar-refractivity contribution in [1.82, 2.24) is 4.90 Å². The van der Waals surface area contributed by atoms with Crippen LogP contribution in [0.15, 0.2) is 88.1 Å². The number of likely N-dealkylation sites (tertiary alicyclic amines) is 1. The van der Waals surface area contributed by atoms with Gasteiger partial charge in [0.1, 0.15) is 35.5 Å². The lowest BCUT2D eigenvalue weighted by Crippen LogP contribution is -2.35. The zero-order valence-electron chi connectivity index (χ0n) is 22.4. The highest BCUT2D eigenvalue weighted by molar-refractivity contribution is 6.32. The number of hydrogen-bond donors (Lipinski definition) is 1. The van der Waals surface area contributed by atoms with Crippen LogP contribution >= 0.6 is 11.6 Å². The fraction of sp³-hybridized carbons (Fsp3) is 0.182. The molecule has 0 amide bonds. The van der Waals surface area contributed by atoms with Crippen LogP contribution in [0.3, 0.4) is 0 Å². The average Bonchev–Trinajstić information content (AvgIpc) is 3.46. The number of nitrogens with zero attached hydrogens (tertiary/aromatic N) is 2. The third-order valence-electron chi connectivity index (χ3n) is 7.40. The van der Waals surface area contributed by atoms with E-state index in [0.717, 1.165) is 22.8 Å². The monoisotopic (exact) mass is 580 g/mol.